The van der Waals surface area contributed by atoms with Crippen LogP contribution < -0.4 is 5.73 Å². The van der Waals surface area contributed by atoms with E-state index in [9.17, 15) is 8.42 Å². The highest BCUT2D eigenvalue weighted by atomic mass is 32.2. The van der Waals surface area contributed by atoms with E-state index in [1.54, 1.807) is 12.1 Å². The average molecular weight is 298 g/mol. The second kappa shape index (κ2) is 6.24. The summed E-state index contributed by atoms with van der Waals surface area (Å²) in [5.41, 5.74) is 7.56. The van der Waals surface area contributed by atoms with E-state index in [1.807, 2.05) is 40.7 Å². The highest BCUT2D eigenvalue weighted by molar-refractivity contribution is 7.89. The SMILES string of the molecule is CCN(CC(C)(C)CN)S(=O)(=O)c1ccc(C)c(C)c1. The van der Waals surface area contributed by atoms with Gasteiger partial charge in [-0.3, -0.25) is 0 Å². The zero-order valence-corrected chi connectivity index (χ0v) is 13.9. The van der Waals surface area contributed by atoms with Gasteiger partial charge in [0.2, 0.25) is 10.0 Å². The molecule has 0 fully saturated rings. The highest BCUT2D eigenvalue weighted by Crippen LogP contribution is 2.23. The zero-order chi connectivity index (χ0) is 15.6. The lowest BCUT2D eigenvalue weighted by Crippen LogP contribution is -2.41. The Bertz CT molecular complexity index is 565. The Morgan fingerprint density at radius 1 is 1.20 bits per heavy atom. The predicted octanol–water partition coefficient (Wildman–Crippen LogP) is 2.30. The molecule has 114 valence electrons. The maximum atomic E-state index is 12.7. The van der Waals surface area contributed by atoms with Crippen LogP contribution in [0.4, 0.5) is 0 Å². The lowest BCUT2D eigenvalue weighted by molar-refractivity contribution is 0.273. The summed E-state index contributed by atoms with van der Waals surface area (Å²) in [7, 11) is -3.46. The van der Waals surface area contributed by atoms with Gasteiger partial charge in [-0.05, 0) is 49.1 Å². The number of hydrogen-bond donors (Lipinski definition) is 1. The van der Waals surface area contributed by atoms with Gasteiger partial charge in [0.15, 0.2) is 0 Å². The van der Waals surface area contributed by atoms with Crippen LogP contribution in [0.5, 0.6) is 0 Å². The van der Waals surface area contributed by atoms with Crippen molar-refractivity contribution in [1.29, 1.82) is 0 Å². The van der Waals surface area contributed by atoms with Gasteiger partial charge in [0, 0.05) is 13.1 Å². The Hall–Kier alpha value is -0.910. The summed E-state index contributed by atoms with van der Waals surface area (Å²) >= 11 is 0. The van der Waals surface area contributed by atoms with E-state index < -0.39 is 10.0 Å². The van der Waals surface area contributed by atoms with E-state index in [-0.39, 0.29) is 5.41 Å². The van der Waals surface area contributed by atoms with Crippen molar-refractivity contribution in [3.8, 4) is 0 Å². The van der Waals surface area contributed by atoms with Gasteiger partial charge >= 0.3 is 0 Å². The van der Waals surface area contributed by atoms with Crippen molar-refractivity contribution < 1.29 is 8.42 Å². The smallest absolute Gasteiger partial charge is 0.243 e. The summed E-state index contributed by atoms with van der Waals surface area (Å²) in [5.74, 6) is 0. The van der Waals surface area contributed by atoms with Gasteiger partial charge in [-0.15, -0.1) is 0 Å². The first-order chi connectivity index (χ1) is 9.14. The number of rotatable bonds is 6. The summed E-state index contributed by atoms with van der Waals surface area (Å²) in [6, 6.07) is 5.27. The van der Waals surface area contributed by atoms with Crippen molar-refractivity contribution in [2.45, 2.75) is 39.5 Å². The fraction of sp³-hybridized carbons (Fsp3) is 0.600. The molecule has 20 heavy (non-hydrogen) atoms. The van der Waals surface area contributed by atoms with Crippen molar-refractivity contribution >= 4 is 10.0 Å². The number of nitrogens with two attached hydrogens (primary N) is 1. The maximum absolute atomic E-state index is 12.7. The summed E-state index contributed by atoms with van der Waals surface area (Å²) in [4.78, 5) is 0.357. The topological polar surface area (TPSA) is 63.4 Å². The van der Waals surface area contributed by atoms with Gasteiger partial charge < -0.3 is 5.73 Å². The van der Waals surface area contributed by atoms with E-state index in [0.717, 1.165) is 11.1 Å². The second-order valence-electron chi connectivity index (χ2n) is 6.05. The lowest BCUT2D eigenvalue weighted by Gasteiger charge is -2.30. The third-order valence-corrected chi connectivity index (χ3v) is 5.54. The van der Waals surface area contributed by atoms with E-state index in [0.29, 0.717) is 24.5 Å². The molecule has 0 unspecified atom stereocenters. The molecule has 1 aromatic rings. The molecule has 0 aromatic heterocycles. The number of hydrogen-bond acceptors (Lipinski definition) is 3. The molecule has 1 rings (SSSR count). The molecule has 0 heterocycles. The van der Waals surface area contributed by atoms with Gasteiger partial charge in [-0.1, -0.05) is 26.8 Å². The minimum atomic E-state index is -3.46. The third kappa shape index (κ3) is 3.81. The Balaban J connectivity index is 3.15. The van der Waals surface area contributed by atoms with Crippen LogP contribution in [-0.2, 0) is 10.0 Å². The molecule has 0 amide bonds. The molecule has 5 heteroatoms. The zero-order valence-electron chi connectivity index (χ0n) is 13.1. The molecule has 2 N–H and O–H groups in total. The van der Waals surface area contributed by atoms with Crippen molar-refractivity contribution in [3.05, 3.63) is 29.3 Å². The summed E-state index contributed by atoms with van der Waals surface area (Å²) in [6.07, 6.45) is 0. The third-order valence-electron chi connectivity index (χ3n) is 3.63. The minimum absolute atomic E-state index is 0.233. The molecule has 0 saturated carbocycles. The van der Waals surface area contributed by atoms with Gasteiger partial charge in [0.1, 0.15) is 0 Å². The molecule has 0 aliphatic rings. The number of benzene rings is 1. The van der Waals surface area contributed by atoms with Crippen LogP contribution in [0.3, 0.4) is 0 Å². The summed E-state index contributed by atoms with van der Waals surface area (Å²) in [5, 5.41) is 0. The Kier molecular flexibility index (Phi) is 5.35. The monoisotopic (exact) mass is 298 g/mol. The second-order valence-corrected chi connectivity index (χ2v) is 7.98. The standard InChI is InChI=1S/C15H26N2O2S/c1-6-17(11-15(4,5)10-16)20(18,19)14-8-7-12(2)13(3)9-14/h7-9H,6,10-11,16H2,1-5H3. The van der Waals surface area contributed by atoms with Gasteiger partial charge in [-0.25, -0.2) is 8.42 Å². The molecule has 1 aromatic carbocycles. The number of nitrogens with zero attached hydrogens (tertiary/aromatic N) is 1. The predicted molar refractivity (Wildman–Crippen MR) is 83.2 cm³/mol. The number of sulfonamides is 1. The Morgan fingerprint density at radius 2 is 1.80 bits per heavy atom. The average Bonchev–Trinajstić information content (AvgIpc) is 2.39. The van der Waals surface area contributed by atoms with Crippen LogP contribution in [0.1, 0.15) is 31.9 Å². The molecule has 0 bridgehead atoms. The van der Waals surface area contributed by atoms with E-state index in [4.69, 9.17) is 5.73 Å². The Morgan fingerprint density at radius 3 is 2.25 bits per heavy atom. The molecule has 0 atom stereocenters. The largest absolute Gasteiger partial charge is 0.330 e. The van der Waals surface area contributed by atoms with Crippen molar-refractivity contribution in [2.24, 2.45) is 11.1 Å². The van der Waals surface area contributed by atoms with Crippen LogP contribution in [0.15, 0.2) is 23.1 Å². The summed E-state index contributed by atoms with van der Waals surface area (Å²) in [6.45, 7) is 11.0. The van der Waals surface area contributed by atoms with E-state index in [2.05, 4.69) is 0 Å². The van der Waals surface area contributed by atoms with Gasteiger partial charge in [0.25, 0.3) is 0 Å². The van der Waals surface area contributed by atoms with Crippen molar-refractivity contribution in [1.82, 2.24) is 4.31 Å². The van der Waals surface area contributed by atoms with E-state index >= 15 is 0 Å². The first kappa shape index (κ1) is 17.1. The highest BCUT2D eigenvalue weighted by Gasteiger charge is 2.29. The molecular formula is C15H26N2O2S. The fourth-order valence-electron chi connectivity index (χ4n) is 1.93. The molecule has 0 spiro atoms. The van der Waals surface area contributed by atoms with Crippen molar-refractivity contribution in [3.63, 3.8) is 0 Å². The van der Waals surface area contributed by atoms with Crippen LogP contribution >= 0.6 is 0 Å². The van der Waals surface area contributed by atoms with E-state index in [1.165, 1.54) is 4.31 Å². The lowest BCUT2D eigenvalue weighted by atomic mass is 9.94. The van der Waals surface area contributed by atoms with Crippen LogP contribution in [-0.4, -0.2) is 32.4 Å². The molecular weight excluding hydrogens is 272 g/mol. The van der Waals surface area contributed by atoms with Gasteiger partial charge in [0.05, 0.1) is 4.90 Å². The molecule has 0 saturated heterocycles. The quantitative estimate of drug-likeness (QED) is 0.876. The summed E-state index contributed by atoms with van der Waals surface area (Å²) < 4.78 is 26.9. The van der Waals surface area contributed by atoms with Gasteiger partial charge in [-0.2, -0.15) is 4.31 Å². The van der Waals surface area contributed by atoms with Crippen molar-refractivity contribution in [2.75, 3.05) is 19.6 Å². The normalized spacial score (nSPS) is 12.9. The van der Waals surface area contributed by atoms with Crippen LogP contribution in [0, 0.1) is 19.3 Å². The fourth-order valence-corrected chi connectivity index (χ4v) is 3.66. The molecule has 4 nitrogen and oxygen atoms in total. The van der Waals surface area contributed by atoms with Crippen LogP contribution in [0.2, 0.25) is 0 Å². The minimum Gasteiger partial charge on any atom is -0.330 e. The maximum Gasteiger partial charge on any atom is 0.243 e. The molecule has 0 aliphatic carbocycles. The number of aryl methyl sites for hydroxylation is 2. The Labute approximate surface area is 123 Å². The van der Waals surface area contributed by atoms with Crippen LogP contribution in [0.25, 0.3) is 0 Å². The first-order valence-electron chi connectivity index (χ1n) is 6.91. The first-order valence-corrected chi connectivity index (χ1v) is 8.35. The molecule has 0 aliphatic heterocycles. The molecule has 0 radical (unpaired) electrons.